The number of rotatable bonds is 0. The second kappa shape index (κ2) is 3.77. The molecule has 0 N–H and O–H groups in total. The second-order valence-corrected chi connectivity index (χ2v) is 3.55. The van der Waals surface area contributed by atoms with Crippen molar-refractivity contribution in [2.75, 3.05) is 13.2 Å². The third-order valence-corrected chi connectivity index (χ3v) is 2.50. The van der Waals surface area contributed by atoms with Crippen molar-refractivity contribution < 1.29 is 4.74 Å². The van der Waals surface area contributed by atoms with E-state index in [4.69, 9.17) is 4.74 Å². The molecular weight excluding hydrogens is 162 g/mol. The fraction of sp³-hybridized carbons (Fsp3) is 0.545. The van der Waals surface area contributed by atoms with Gasteiger partial charge in [0.15, 0.2) is 0 Å². The predicted molar refractivity (Wildman–Crippen MR) is 53.9 cm³/mol. The monoisotopic (exact) mass is 177 g/mol. The van der Waals surface area contributed by atoms with Crippen molar-refractivity contribution in [3.63, 3.8) is 0 Å². The van der Waals surface area contributed by atoms with E-state index in [1.807, 2.05) is 6.08 Å². The zero-order valence-corrected chi connectivity index (χ0v) is 7.99. The molecule has 1 aliphatic heterocycles. The van der Waals surface area contributed by atoms with E-state index in [-0.39, 0.29) is 0 Å². The van der Waals surface area contributed by atoms with Gasteiger partial charge in [0.25, 0.3) is 0 Å². The number of fused-ring (bicyclic) bond motifs is 1. The lowest BCUT2D eigenvalue weighted by molar-refractivity contribution is 0.228. The van der Waals surface area contributed by atoms with Crippen LogP contribution in [-0.4, -0.2) is 18.9 Å². The molecule has 0 amide bonds. The quantitative estimate of drug-likeness (QED) is 0.556. The molecule has 0 bridgehead atoms. The maximum Gasteiger partial charge on any atom is 0.140 e. The Kier molecular flexibility index (Phi) is 2.48. The molecule has 0 aromatic rings. The van der Waals surface area contributed by atoms with Crippen LogP contribution in [0.5, 0.6) is 0 Å². The number of aliphatic imine (C=N–C) groups is 1. The van der Waals surface area contributed by atoms with E-state index in [1.165, 1.54) is 6.42 Å². The number of ether oxygens (including phenoxy) is 1. The molecule has 2 nitrogen and oxygen atoms in total. The van der Waals surface area contributed by atoms with E-state index in [1.54, 1.807) is 0 Å². The van der Waals surface area contributed by atoms with Crippen molar-refractivity contribution in [3.8, 4) is 0 Å². The SMILES string of the molecule is CC1CCC=C/C=C2/OCCN=C21. The highest BCUT2D eigenvalue weighted by molar-refractivity contribution is 6.00. The Labute approximate surface area is 79.0 Å². The average molecular weight is 177 g/mol. The molecule has 13 heavy (non-hydrogen) atoms. The van der Waals surface area contributed by atoms with E-state index in [2.05, 4.69) is 24.1 Å². The van der Waals surface area contributed by atoms with Gasteiger partial charge in [-0.05, 0) is 18.9 Å². The van der Waals surface area contributed by atoms with Crippen LogP contribution in [-0.2, 0) is 4.74 Å². The van der Waals surface area contributed by atoms with Gasteiger partial charge >= 0.3 is 0 Å². The van der Waals surface area contributed by atoms with Crippen molar-refractivity contribution in [3.05, 3.63) is 24.0 Å². The number of hydrogen-bond donors (Lipinski definition) is 0. The first-order valence-electron chi connectivity index (χ1n) is 4.92. The molecule has 1 unspecified atom stereocenters. The Balaban J connectivity index is 2.30. The highest BCUT2D eigenvalue weighted by Gasteiger charge is 2.19. The van der Waals surface area contributed by atoms with E-state index >= 15 is 0 Å². The Bertz CT molecular complexity index is 276. The summed E-state index contributed by atoms with van der Waals surface area (Å²) in [6.45, 7) is 3.77. The number of allylic oxidation sites excluding steroid dienone is 4. The topological polar surface area (TPSA) is 21.6 Å². The van der Waals surface area contributed by atoms with Gasteiger partial charge in [-0.1, -0.05) is 19.1 Å². The van der Waals surface area contributed by atoms with E-state index in [0.717, 1.165) is 31.0 Å². The van der Waals surface area contributed by atoms with E-state index < -0.39 is 0 Å². The normalized spacial score (nSPS) is 31.6. The standard InChI is InChI=1S/C11H15NO/c1-9-5-3-2-4-6-10-11(9)12-7-8-13-10/h2,4,6,9H,3,5,7-8H2,1H3/b4-2?,10-6+. The molecule has 1 atom stereocenters. The minimum Gasteiger partial charge on any atom is -0.490 e. The van der Waals surface area contributed by atoms with Gasteiger partial charge in [0, 0.05) is 5.92 Å². The summed E-state index contributed by atoms with van der Waals surface area (Å²) in [6, 6.07) is 0. The Morgan fingerprint density at radius 1 is 1.54 bits per heavy atom. The fourth-order valence-corrected chi connectivity index (χ4v) is 1.74. The first-order chi connectivity index (χ1) is 6.38. The highest BCUT2D eigenvalue weighted by atomic mass is 16.5. The van der Waals surface area contributed by atoms with Gasteiger partial charge in [-0.15, -0.1) is 0 Å². The fourth-order valence-electron chi connectivity index (χ4n) is 1.74. The lowest BCUT2D eigenvalue weighted by atomic mass is 9.95. The van der Waals surface area contributed by atoms with Gasteiger partial charge in [-0.25, -0.2) is 0 Å². The molecule has 0 spiro atoms. The predicted octanol–water partition coefficient (Wildman–Crippen LogP) is 2.33. The summed E-state index contributed by atoms with van der Waals surface area (Å²) in [7, 11) is 0. The summed E-state index contributed by atoms with van der Waals surface area (Å²) in [6.07, 6.45) is 8.62. The zero-order valence-electron chi connectivity index (χ0n) is 7.99. The van der Waals surface area contributed by atoms with Crippen LogP contribution in [0.25, 0.3) is 0 Å². The van der Waals surface area contributed by atoms with Crippen molar-refractivity contribution in [1.82, 2.24) is 0 Å². The largest absolute Gasteiger partial charge is 0.490 e. The molecule has 70 valence electrons. The summed E-state index contributed by atoms with van der Waals surface area (Å²) in [5.74, 6) is 1.52. The van der Waals surface area contributed by atoms with E-state index in [0.29, 0.717) is 5.92 Å². The molecule has 2 heteroatoms. The first kappa shape index (κ1) is 8.54. The van der Waals surface area contributed by atoms with Crippen LogP contribution in [0.15, 0.2) is 29.0 Å². The van der Waals surface area contributed by atoms with Crippen LogP contribution < -0.4 is 0 Å². The maximum absolute atomic E-state index is 5.57. The van der Waals surface area contributed by atoms with Gasteiger partial charge in [0.05, 0.1) is 12.3 Å². The van der Waals surface area contributed by atoms with Crippen molar-refractivity contribution in [1.29, 1.82) is 0 Å². The average Bonchev–Trinajstić information content (AvgIpc) is 2.14. The van der Waals surface area contributed by atoms with E-state index in [9.17, 15) is 0 Å². The van der Waals surface area contributed by atoms with Crippen LogP contribution in [0.4, 0.5) is 0 Å². The number of nitrogens with zero attached hydrogens (tertiary/aromatic N) is 1. The Morgan fingerprint density at radius 2 is 2.46 bits per heavy atom. The maximum atomic E-state index is 5.57. The van der Waals surface area contributed by atoms with Gasteiger partial charge in [-0.3, -0.25) is 4.99 Å². The van der Waals surface area contributed by atoms with Crippen LogP contribution in [0, 0.1) is 5.92 Å². The molecular formula is C11H15NO. The summed E-state index contributed by atoms with van der Waals surface area (Å²) < 4.78 is 5.57. The second-order valence-electron chi connectivity index (χ2n) is 3.55. The van der Waals surface area contributed by atoms with Crippen LogP contribution >= 0.6 is 0 Å². The first-order valence-corrected chi connectivity index (χ1v) is 4.92. The molecule has 1 heterocycles. The molecule has 2 rings (SSSR count). The van der Waals surface area contributed by atoms with Gasteiger partial charge < -0.3 is 4.74 Å². The van der Waals surface area contributed by atoms with Gasteiger partial charge in [0.1, 0.15) is 12.4 Å². The molecule has 0 saturated carbocycles. The minimum absolute atomic E-state index is 0.538. The lowest BCUT2D eigenvalue weighted by Gasteiger charge is -2.22. The van der Waals surface area contributed by atoms with Crippen LogP contribution in [0.3, 0.4) is 0 Å². The Hall–Kier alpha value is -1.05. The summed E-state index contributed by atoms with van der Waals surface area (Å²) in [5.41, 5.74) is 1.16. The smallest absolute Gasteiger partial charge is 0.140 e. The van der Waals surface area contributed by atoms with Crippen molar-refractivity contribution >= 4 is 5.71 Å². The third-order valence-electron chi connectivity index (χ3n) is 2.50. The van der Waals surface area contributed by atoms with Gasteiger partial charge in [0.2, 0.25) is 0 Å². The molecule has 0 saturated heterocycles. The van der Waals surface area contributed by atoms with Gasteiger partial charge in [-0.2, -0.15) is 0 Å². The zero-order chi connectivity index (χ0) is 9.10. The van der Waals surface area contributed by atoms with Crippen LogP contribution in [0.1, 0.15) is 19.8 Å². The molecule has 0 aromatic heterocycles. The third kappa shape index (κ3) is 1.82. The van der Waals surface area contributed by atoms with Crippen LogP contribution in [0.2, 0.25) is 0 Å². The Morgan fingerprint density at radius 3 is 3.38 bits per heavy atom. The van der Waals surface area contributed by atoms with Crippen molar-refractivity contribution in [2.45, 2.75) is 19.8 Å². The molecule has 1 aliphatic carbocycles. The van der Waals surface area contributed by atoms with Crippen molar-refractivity contribution in [2.24, 2.45) is 10.9 Å². The summed E-state index contributed by atoms with van der Waals surface area (Å²) in [5, 5.41) is 0. The summed E-state index contributed by atoms with van der Waals surface area (Å²) in [4.78, 5) is 4.52. The molecule has 2 aliphatic rings. The molecule has 0 radical (unpaired) electrons. The molecule has 0 aromatic carbocycles. The minimum atomic E-state index is 0.538. The lowest BCUT2D eigenvalue weighted by Crippen LogP contribution is -2.22. The number of hydrogen-bond acceptors (Lipinski definition) is 2. The molecule has 0 fully saturated rings. The summed E-state index contributed by atoms with van der Waals surface area (Å²) >= 11 is 0. The highest BCUT2D eigenvalue weighted by Crippen LogP contribution is 2.20.